The number of fused-ring (bicyclic) bond motifs is 1. The summed E-state index contributed by atoms with van der Waals surface area (Å²) in [7, 11) is -3.48. The van der Waals surface area contributed by atoms with Crippen LogP contribution in [0.3, 0.4) is 0 Å². The number of ketones is 1. The van der Waals surface area contributed by atoms with E-state index in [1.54, 1.807) is 16.4 Å². The normalized spacial score (nSPS) is 26.0. The van der Waals surface area contributed by atoms with Crippen molar-refractivity contribution in [3.63, 3.8) is 0 Å². The Kier molecular flexibility index (Phi) is 4.01. The van der Waals surface area contributed by atoms with E-state index in [1.165, 1.54) is 0 Å². The summed E-state index contributed by atoms with van der Waals surface area (Å²) in [6.07, 6.45) is 0.763. The highest BCUT2D eigenvalue weighted by atomic mass is 32.2. The number of sulfonamides is 1. The smallest absolute Gasteiger partial charge is 0.243 e. The molecular formula is C20H21NO3S. The zero-order chi connectivity index (χ0) is 17.6. The minimum Gasteiger partial charge on any atom is -0.294 e. The zero-order valence-corrected chi connectivity index (χ0v) is 14.9. The van der Waals surface area contributed by atoms with Gasteiger partial charge < -0.3 is 0 Å². The molecule has 2 aliphatic rings. The molecule has 1 saturated carbocycles. The van der Waals surface area contributed by atoms with E-state index in [2.05, 4.69) is 0 Å². The number of rotatable bonds is 4. The van der Waals surface area contributed by atoms with Crippen molar-refractivity contribution >= 4 is 15.8 Å². The second-order valence-electron chi connectivity index (χ2n) is 7.05. The predicted octanol–water partition coefficient (Wildman–Crippen LogP) is 3.13. The highest BCUT2D eigenvalue weighted by molar-refractivity contribution is 7.89. The summed E-state index contributed by atoms with van der Waals surface area (Å²) in [5.74, 6) is 0.615. The number of benzene rings is 2. The van der Waals surface area contributed by atoms with Crippen LogP contribution in [0.2, 0.25) is 0 Å². The molecule has 0 radical (unpaired) electrons. The molecule has 4 nitrogen and oxygen atoms in total. The first kappa shape index (κ1) is 16.5. The molecule has 0 bridgehead atoms. The van der Waals surface area contributed by atoms with Crippen LogP contribution in [0, 0.1) is 24.7 Å². The lowest BCUT2D eigenvalue weighted by molar-refractivity contribution is 0.0956. The van der Waals surface area contributed by atoms with Crippen molar-refractivity contribution in [2.75, 3.05) is 13.1 Å². The Morgan fingerprint density at radius 3 is 2.36 bits per heavy atom. The molecule has 2 aromatic carbocycles. The number of hydrogen-bond acceptors (Lipinski definition) is 3. The first-order chi connectivity index (χ1) is 12.0. The molecule has 130 valence electrons. The third kappa shape index (κ3) is 2.92. The molecule has 4 rings (SSSR count). The van der Waals surface area contributed by atoms with E-state index in [-0.39, 0.29) is 17.6 Å². The average molecular weight is 355 g/mol. The monoisotopic (exact) mass is 355 g/mol. The highest BCUT2D eigenvalue weighted by Gasteiger charge is 2.57. The fraction of sp³-hybridized carbons (Fsp3) is 0.350. The molecule has 2 fully saturated rings. The number of Topliss-reactive ketones (excluding diaryl/α,β-unsaturated/α-hetero) is 1. The summed E-state index contributed by atoms with van der Waals surface area (Å²) in [5, 5.41) is 0. The third-order valence-corrected chi connectivity index (χ3v) is 7.36. The molecule has 3 atom stereocenters. The van der Waals surface area contributed by atoms with E-state index in [9.17, 15) is 13.2 Å². The standard InChI is InChI=1S/C20H21NO3S/c1-14-7-9-16(10-8-14)25(23,24)21-12-11-17-18(13-21)19(17)20(22)15-5-3-2-4-6-15/h2-10,17-19H,11-13H2,1H3/t17-,18+,19+/m0/s1. The van der Waals surface area contributed by atoms with Crippen LogP contribution in [0.5, 0.6) is 0 Å². The van der Waals surface area contributed by atoms with Crippen LogP contribution in [0.4, 0.5) is 0 Å². The van der Waals surface area contributed by atoms with Gasteiger partial charge in [0.25, 0.3) is 0 Å². The molecule has 1 aliphatic heterocycles. The molecule has 0 spiro atoms. The summed E-state index contributed by atoms with van der Waals surface area (Å²) in [6.45, 7) is 2.88. The maximum atomic E-state index is 12.9. The van der Waals surface area contributed by atoms with Crippen LogP contribution < -0.4 is 0 Å². The van der Waals surface area contributed by atoms with Crippen molar-refractivity contribution < 1.29 is 13.2 Å². The topological polar surface area (TPSA) is 54.5 Å². The Labute approximate surface area is 148 Å². The zero-order valence-electron chi connectivity index (χ0n) is 14.1. The number of carbonyl (C=O) groups is 1. The lowest BCUT2D eigenvalue weighted by Gasteiger charge is -2.25. The molecule has 0 amide bonds. The second-order valence-corrected chi connectivity index (χ2v) is 8.99. The first-order valence-corrected chi connectivity index (χ1v) is 10.1. The molecule has 1 saturated heterocycles. The molecule has 0 aromatic heterocycles. The second kappa shape index (κ2) is 6.07. The Balaban J connectivity index is 1.50. The Morgan fingerprint density at radius 1 is 1.00 bits per heavy atom. The van der Waals surface area contributed by atoms with Crippen LogP contribution in [0.15, 0.2) is 59.5 Å². The fourth-order valence-electron chi connectivity index (χ4n) is 3.97. The largest absolute Gasteiger partial charge is 0.294 e. The predicted molar refractivity (Wildman–Crippen MR) is 95.8 cm³/mol. The van der Waals surface area contributed by atoms with Crippen molar-refractivity contribution in [2.45, 2.75) is 18.2 Å². The van der Waals surface area contributed by atoms with E-state index in [0.717, 1.165) is 17.5 Å². The summed E-state index contributed by atoms with van der Waals surface area (Å²) >= 11 is 0. The molecule has 2 aromatic rings. The van der Waals surface area contributed by atoms with Gasteiger partial charge in [0.05, 0.1) is 4.90 Å². The Hall–Kier alpha value is -1.98. The number of carbonyl (C=O) groups excluding carboxylic acids is 1. The summed E-state index contributed by atoms with van der Waals surface area (Å²) in [4.78, 5) is 13.0. The van der Waals surface area contributed by atoms with Crippen LogP contribution in [0.1, 0.15) is 22.3 Å². The quantitative estimate of drug-likeness (QED) is 0.792. The fourth-order valence-corrected chi connectivity index (χ4v) is 5.46. The number of aryl methyl sites for hydroxylation is 1. The number of piperidine rings is 1. The maximum Gasteiger partial charge on any atom is 0.243 e. The van der Waals surface area contributed by atoms with Crippen molar-refractivity contribution in [1.82, 2.24) is 4.31 Å². The van der Waals surface area contributed by atoms with Gasteiger partial charge in [-0.1, -0.05) is 48.0 Å². The van der Waals surface area contributed by atoms with Crippen LogP contribution >= 0.6 is 0 Å². The van der Waals surface area contributed by atoms with Crippen LogP contribution in [-0.4, -0.2) is 31.6 Å². The third-order valence-electron chi connectivity index (χ3n) is 5.48. The summed E-state index contributed by atoms with van der Waals surface area (Å²) in [5.41, 5.74) is 1.77. The Morgan fingerprint density at radius 2 is 1.68 bits per heavy atom. The maximum absolute atomic E-state index is 12.9. The molecule has 1 aliphatic carbocycles. The van der Waals surface area contributed by atoms with E-state index in [0.29, 0.717) is 23.9 Å². The van der Waals surface area contributed by atoms with Crippen molar-refractivity contribution in [3.8, 4) is 0 Å². The summed E-state index contributed by atoms with van der Waals surface area (Å²) in [6, 6.07) is 16.3. The van der Waals surface area contributed by atoms with Gasteiger partial charge in [0.1, 0.15) is 0 Å². The SMILES string of the molecule is Cc1ccc(S(=O)(=O)N2CC[C@H]3[C@@H](C2)[C@@H]3C(=O)c2ccccc2)cc1. The van der Waals surface area contributed by atoms with E-state index >= 15 is 0 Å². The molecule has 0 N–H and O–H groups in total. The van der Waals surface area contributed by atoms with Gasteiger partial charge >= 0.3 is 0 Å². The molecule has 0 unspecified atom stereocenters. The highest BCUT2D eigenvalue weighted by Crippen LogP contribution is 2.53. The minimum absolute atomic E-state index is 0.0272. The van der Waals surface area contributed by atoms with Gasteiger partial charge in [0, 0.05) is 24.6 Å². The van der Waals surface area contributed by atoms with Gasteiger partial charge in [-0.05, 0) is 37.3 Å². The molecule has 1 heterocycles. The lowest BCUT2D eigenvalue weighted by Crippen LogP contribution is -2.36. The van der Waals surface area contributed by atoms with E-state index in [1.807, 2.05) is 49.4 Å². The van der Waals surface area contributed by atoms with Crippen molar-refractivity contribution in [2.24, 2.45) is 17.8 Å². The van der Waals surface area contributed by atoms with Crippen LogP contribution in [-0.2, 0) is 10.0 Å². The number of hydrogen-bond donors (Lipinski definition) is 0. The van der Waals surface area contributed by atoms with Crippen LogP contribution in [0.25, 0.3) is 0 Å². The van der Waals surface area contributed by atoms with Gasteiger partial charge in [-0.2, -0.15) is 4.31 Å². The Bertz CT molecular complexity index is 890. The molecule has 25 heavy (non-hydrogen) atoms. The van der Waals surface area contributed by atoms with Gasteiger partial charge in [0.2, 0.25) is 10.0 Å². The van der Waals surface area contributed by atoms with Crippen molar-refractivity contribution in [3.05, 3.63) is 65.7 Å². The summed E-state index contributed by atoms with van der Waals surface area (Å²) < 4.78 is 27.3. The van der Waals surface area contributed by atoms with E-state index in [4.69, 9.17) is 0 Å². The first-order valence-electron chi connectivity index (χ1n) is 8.64. The molecule has 5 heteroatoms. The minimum atomic E-state index is -3.48. The number of nitrogens with zero attached hydrogens (tertiary/aromatic N) is 1. The molecular weight excluding hydrogens is 334 g/mol. The average Bonchev–Trinajstić information content (AvgIpc) is 3.35. The van der Waals surface area contributed by atoms with Gasteiger partial charge in [-0.25, -0.2) is 8.42 Å². The van der Waals surface area contributed by atoms with Gasteiger partial charge in [-0.3, -0.25) is 4.79 Å². The van der Waals surface area contributed by atoms with Gasteiger partial charge in [-0.15, -0.1) is 0 Å². The van der Waals surface area contributed by atoms with Crippen molar-refractivity contribution in [1.29, 1.82) is 0 Å². The lowest BCUT2D eigenvalue weighted by atomic mass is 10.1. The van der Waals surface area contributed by atoms with Gasteiger partial charge in [0.15, 0.2) is 5.78 Å². The van der Waals surface area contributed by atoms with E-state index < -0.39 is 10.0 Å².